The van der Waals surface area contributed by atoms with Crippen LogP contribution in [0.4, 0.5) is 5.82 Å². The Balaban J connectivity index is 1.76. The number of carbonyl (C=O) groups excluding carboxylic acids is 1. The molecule has 6 heteroatoms. The van der Waals surface area contributed by atoms with Crippen LogP contribution >= 0.6 is 0 Å². The third kappa shape index (κ3) is 2.48. The van der Waals surface area contributed by atoms with E-state index in [-0.39, 0.29) is 11.7 Å². The van der Waals surface area contributed by atoms with Gasteiger partial charge in [-0.3, -0.25) is 9.78 Å². The zero-order valence-corrected chi connectivity index (χ0v) is 15.0. The SMILES string of the molecule is Cc1nn(-c2ccccn2)c2c1C(c1ccccn1)C1=C(CCCC1=O)N2. The van der Waals surface area contributed by atoms with Crippen molar-refractivity contribution in [2.45, 2.75) is 32.1 Å². The van der Waals surface area contributed by atoms with Gasteiger partial charge in [-0.15, -0.1) is 0 Å². The van der Waals surface area contributed by atoms with E-state index in [9.17, 15) is 4.79 Å². The van der Waals surface area contributed by atoms with Crippen molar-refractivity contribution in [1.82, 2.24) is 19.7 Å². The fourth-order valence-corrected chi connectivity index (χ4v) is 4.11. The number of aromatic nitrogens is 4. The molecule has 4 heterocycles. The van der Waals surface area contributed by atoms with Crippen molar-refractivity contribution in [2.24, 2.45) is 0 Å². The Hall–Kier alpha value is -3.28. The number of pyridine rings is 2. The lowest BCUT2D eigenvalue weighted by Crippen LogP contribution is -2.28. The van der Waals surface area contributed by atoms with Gasteiger partial charge in [0.15, 0.2) is 11.6 Å². The van der Waals surface area contributed by atoms with Crippen LogP contribution < -0.4 is 5.32 Å². The highest BCUT2D eigenvalue weighted by Crippen LogP contribution is 2.46. The Kier molecular flexibility index (Phi) is 3.63. The van der Waals surface area contributed by atoms with Gasteiger partial charge in [0.1, 0.15) is 5.82 Å². The molecule has 3 aromatic heterocycles. The van der Waals surface area contributed by atoms with Gasteiger partial charge in [-0.2, -0.15) is 9.78 Å². The first-order valence-corrected chi connectivity index (χ1v) is 9.19. The molecule has 1 aliphatic carbocycles. The van der Waals surface area contributed by atoms with E-state index < -0.39 is 0 Å². The number of rotatable bonds is 2. The summed E-state index contributed by atoms with van der Waals surface area (Å²) in [5.74, 6) is 1.65. The van der Waals surface area contributed by atoms with Crippen LogP contribution in [0.5, 0.6) is 0 Å². The maximum absolute atomic E-state index is 12.8. The van der Waals surface area contributed by atoms with Crippen molar-refractivity contribution in [3.05, 3.63) is 77.0 Å². The molecule has 134 valence electrons. The minimum atomic E-state index is -0.192. The van der Waals surface area contributed by atoms with E-state index in [2.05, 4.69) is 15.3 Å². The fraction of sp³-hybridized carbons (Fsp3) is 0.238. The van der Waals surface area contributed by atoms with Gasteiger partial charge in [-0.25, -0.2) is 4.98 Å². The molecule has 1 aliphatic heterocycles. The molecule has 0 fully saturated rings. The minimum absolute atomic E-state index is 0.192. The number of allylic oxidation sites excluding steroid dienone is 2. The molecule has 1 atom stereocenters. The quantitative estimate of drug-likeness (QED) is 0.759. The molecule has 0 aromatic carbocycles. The van der Waals surface area contributed by atoms with E-state index in [1.807, 2.05) is 48.0 Å². The number of fused-ring (bicyclic) bond motifs is 1. The molecular formula is C21H19N5O. The van der Waals surface area contributed by atoms with Gasteiger partial charge in [-0.05, 0) is 44.0 Å². The van der Waals surface area contributed by atoms with E-state index in [1.165, 1.54) is 0 Å². The first-order valence-electron chi connectivity index (χ1n) is 9.19. The predicted octanol–water partition coefficient (Wildman–Crippen LogP) is 3.54. The second kappa shape index (κ2) is 6.16. The Morgan fingerprint density at radius 1 is 1.07 bits per heavy atom. The monoisotopic (exact) mass is 357 g/mol. The molecule has 27 heavy (non-hydrogen) atoms. The van der Waals surface area contributed by atoms with E-state index in [0.29, 0.717) is 6.42 Å². The number of hydrogen-bond donors (Lipinski definition) is 1. The number of ketones is 1. The van der Waals surface area contributed by atoms with Crippen LogP contribution in [-0.4, -0.2) is 25.5 Å². The third-order valence-corrected chi connectivity index (χ3v) is 5.26. The van der Waals surface area contributed by atoms with Gasteiger partial charge in [0.05, 0.1) is 17.3 Å². The van der Waals surface area contributed by atoms with Gasteiger partial charge < -0.3 is 5.32 Å². The first kappa shape index (κ1) is 15.9. The molecule has 5 rings (SSSR count). The van der Waals surface area contributed by atoms with Gasteiger partial charge in [0.25, 0.3) is 0 Å². The molecule has 0 bridgehead atoms. The summed E-state index contributed by atoms with van der Waals surface area (Å²) in [5, 5.41) is 8.26. The van der Waals surface area contributed by atoms with E-state index in [0.717, 1.165) is 52.7 Å². The number of anilines is 1. The number of aryl methyl sites for hydroxylation is 1. The average Bonchev–Trinajstić information content (AvgIpc) is 3.04. The standard InChI is InChI=1S/C21H19N5O/c1-13-18-20(14-7-2-4-11-22-14)19-15(8-6-9-16(19)27)24-21(18)26(25-13)17-10-3-5-12-23-17/h2-5,7,10-12,20,24H,6,8-9H2,1H3. The maximum Gasteiger partial charge on any atom is 0.161 e. The largest absolute Gasteiger partial charge is 0.343 e. The molecule has 6 nitrogen and oxygen atoms in total. The Labute approximate surface area is 157 Å². The van der Waals surface area contributed by atoms with Crippen LogP contribution in [0.1, 0.15) is 42.1 Å². The lowest BCUT2D eigenvalue weighted by molar-refractivity contribution is -0.116. The minimum Gasteiger partial charge on any atom is -0.343 e. The van der Waals surface area contributed by atoms with E-state index in [1.54, 1.807) is 12.4 Å². The molecule has 1 N–H and O–H groups in total. The van der Waals surface area contributed by atoms with Crippen molar-refractivity contribution in [1.29, 1.82) is 0 Å². The molecule has 0 radical (unpaired) electrons. The van der Waals surface area contributed by atoms with Crippen LogP contribution in [0.2, 0.25) is 0 Å². The third-order valence-electron chi connectivity index (χ3n) is 5.26. The van der Waals surface area contributed by atoms with Crippen molar-refractivity contribution in [2.75, 3.05) is 5.32 Å². The van der Waals surface area contributed by atoms with Gasteiger partial charge in [0.2, 0.25) is 0 Å². The van der Waals surface area contributed by atoms with Crippen LogP contribution in [-0.2, 0) is 4.79 Å². The average molecular weight is 357 g/mol. The highest BCUT2D eigenvalue weighted by atomic mass is 16.1. The molecule has 0 amide bonds. The number of nitrogens with one attached hydrogen (secondary N) is 1. The van der Waals surface area contributed by atoms with E-state index >= 15 is 0 Å². The predicted molar refractivity (Wildman–Crippen MR) is 102 cm³/mol. The zero-order chi connectivity index (χ0) is 18.4. The molecular weight excluding hydrogens is 338 g/mol. The van der Waals surface area contributed by atoms with E-state index in [4.69, 9.17) is 5.10 Å². The normalized spacial score (nSPS) is 18.7. The molecule has 0 saturated carbocycles. The lowest BCUT2D eigenvalue weighted by Gasteiger charge is -2.32. The molecule has 0 saturated heterocycles. The summed E-state index contributed by atoms with van der Waals surface area (Å²) in [6.07, 6.45) is 5.85. The van der Waals surface area contributed by atoms with Crippen molar-refractivity contribution in [3.63, 3.8) is 0 Å². The first-order chi connectivity index (χ1) is 13.2. The topological polar surface area (TPSA) is 72.7 Å². The summed E-state index contributed by atoms with van der Waals surface area (Å²) in [7, 11) is 0. The summed E-state index contributed by atoms with van der Waals surface area (Å²) in [6, 6.07) is 11.6. The highest BCUT2D eigenvalue weighted by molar-refractivity contribution is 6.01. The van der Waals surface area contributed by atoms with Crippen LogP contribution in [0.15, 0.2) is 60.1 Å². The second-order valence-electron chi connectivity index (χ2n) is 6.93. The Morgan fingerprint density at radius 3 is 2.63 bits per heavy atom. The smallest absolute Gasteiger partial charge is 0.161 e. The second-order valence-corrected chi connectivity index (χ2v) is 6.93. The summed E-state index contributed by atoms with van der Waals surface area (Å²) >= 11 is 0. The molecule has 1 unspecified atom stereocenters. The number of hydrogen-bond acceptors (Lipinski definition) is 5. The number of nitrogens with zero attached hydrogens (tertiary/aromatic N) is 4. The maximum atomic E-state index is 12.8. The zero-order valence-electron chi connectivity index (χ0n) is 15.0. The number of Topliss-reactive ketones (excluding diaryl/α,β-unsaturated/α-hetero) is 1. The molecule has 0 spiro atoms. The van der Waals surface area contributed by atoms with Crippen molar-refractivity contribution >= 4 is 11.6 Å². The van der Waals surface area contributed by atoms with Crippen molar-refractivity contribution < 1.29 is 4.79 Å². The fourth-order valence-electron chi connectivity index (χ4n) is 4.11. The van der Waals surface area contributed by atoms with Crippen LogP contribution in [0.25, 0.3) is 5.82 Å². The number of carbonyl (C=O) groups is 1. The lowest BCUT2D eigenvalue weighted by atomic mass is 9.78. The van der Waals surface area contributed by atoms with Gasteiger partial charge in [-0.1, -0.05) is 12.1 Å². The van der Waals surface area contributed by atoms with Crippen molar-refractivity contribution in [3.8, 4) is 5.82 Å². The Bertz CT molecular complexity index is 1050. The van der Waals surface area contributed by atoms with Gasteiger partial charge >= 0.3 is 0 Å². The Morgan fingerprint density at radius 2 is 1.89 bits per heavy atom. The summed E-state index contributed by atoms with van der Waals surface area (Å²) in [6.45, 7) is 1.98. The van der Waals surface area contributed by atoms with Crippen LogP contribution in [0, 0.1) is 6.92 Å². The summed E-state index contributed by atoms with van der Waals surface area (Å²) in [4.78, 5) is 21.9. The summed E-state index contributed by atoms with van der Waals surface area (Å²) < 4.78 is 1.84. The molecule has 2 aliphatic rings. The summed E-state index contributed by atoms with van der Waals surface area (Å²) in [5.41, 5.74) is 4.60. The molecule has 3 aromatic rings. The van der Waals surface area contributed by atoms with Gasteiger partial charge in [0, 0.05) is 35.6 Å². The van der Waals surface area contributed by atoms with Crippen LogP contribution in [0.3, 0.4) is 0 Å². The highest BCUT2D eigenvalue weighted by Gasteiger charge is 2.39.